The van der Waals surface area contributed by atoms with Crippen LogP contribution in [-0.2, 0) is 9.59 Å². The second kappa shape index (κ2) is 7.79. The fraction of sp³-hybridized carbons (Fsp3) is 0.200. The third kappa shape index (κ3) is 3.69. The minimum atomic E-state index is -4.95. The van der Waals surface area contributed by atoms with Gasteiger partial charge in [-0.1, -0.05) is 35.3 Å². The van der Waals surface area contributed by atoms with E-state index in [0.717, 1.165) is 12.1 Å². The number of hydrogen-bond donors (Lipinski definition) is 1. The summed E-state index contributed by atoms with van der Waals surface area (Å²) in [6.07, 6.45) is -6.00. The van der Waals surface area contributed by atoms with Crippen LogP contribution in [0.2, 0.25) is 10.0 Å². The maximum atomic E-state index is 13.8. The van der Waals surface area contributed by atoms with E-state index in [1.807, 2.05) is 0 Å². The van der Waals surface area contributed by atoms with Crippen LogP contribution < -0.4 is 10.2 Å². The van der Waals surface area contributed by atoms with Crippen LogP contribution in [0.4, 0.5) is 24.5 Å². The minimum Gasteiger partial charge on any atom is -0.324 e. The average molecular weight is 486 g/mol. The Hall–Kier alpha value is -3.11. The second-order valence-electron chi connectivity index (χ2n) is 7.10. The Balaban J connectivity index is 1.72. The zero-order valence-electron chi connectivity index (χ0n) is 15.9. The molecule has 4 rings (SSSR count). The molecule has 0 bridgehead atoms. The lowest BCUT2D eigenvalue weighted by Gasteiger charge is -2.32. The van der Waals surface area contributed by atoms with Crippen molar-refractivity contribution < 1.29 is 32.3 Å². The number of alkyl halides is 3. The Labute approximate surface area is 188 Å². The fourth-order valence-corrected chi connectivity index (χ4v) is 3.96. The summed E-state index contributed by atoms with van der Waals surface area (Å²) in [4.78, 5) is 51.4. The molecule has 166 valence electrons. The normalized spacial score (nSPS) is 18.3. The number of halogens is 5. The Morgan fingerprint density at radius 2 is 1.59 bits per heavy atom. The summed E-state index contributed by atoms with van der Waals surface area (Å²) in [5, 5.41) is 2.34. The van der Waals surface area contributed by atoms with Crippen molar-refractivity contribution in [2.75, 3.05) is 16.8 Å². The largest absolute Gasteiger partial charge is 0.409 e. The quantitative estimate of drug-likeness (QED) is 0.653. The molecule has 2 heterocycles. The van der Waals surface area contributed by atoms with E-state index in [9.17, 15) is 32.3 Å². The Kier molecular flexibility index (Phi) is 5.38. The van der Waals surface area contributed by atoms with E-state index < -0.39 is 48.8 Å². The van der Waals surface area contributed by atoms with Gasteiger partial charge in [0.1, 0.15) is 12.6 Å². The Morgan fingerprint density at radius 3 is 2.16 bits per heavy atom. The van der Waals surface area contributed by atoms with Gasteiger partial charge in [0.25, 0.3) is 11.8 Å². The molecule has 1 N–H and O–H groups in total. The number of fused-ring (bicyclic) bond motifs is 2. The zero-order chi connectivity index (χ0) is 23.4. The predicted molar refractivity (Wildman–Crippen MR) is 109 cm³/mol. The predicted octanol–water partition coefficient (Wildman–Crippen LogP) is 3.90. The summed E-state index contributed by atoms with van der Waals surface area (Å²) < 4.78 is 41.5. The number of carbonyl (C=O) groups excluding carboxylic acids is 4. The summed E-state index contributed by atoms with van der Waals surface area (Å²) in [5.41, 5.74) is -0.428. The number of amides is 4. The molecule has 4 amide bonds. The number of imide groups is 1. The summed E-state index contributed by atoms with van der Waals surface area (Å²) in [5.74, 6) is -3.90. The zero-order valence-corrected chi connectivity index (χ0v) is 17.4. The van der Waals surface area contributed by atoms with E-state index >= 15 is 0 Å². The van der Waals surface area contributed by atoms with Crippen LogP contribution in [0.3, 0.4) is 0 Å². The van der Waals surface area contributed by atoms with Crippen molar-refractivity contribution in [3.05, 3.63) is 57.6 Å². The van der Waals surface area contributed by atoms with E-state index in [0.29, 0.717) is 9.80 Å². The highest BCUT2D eigenvalue weighted by molar-refractivity contribution is 6.43. The van der Waals surface area contributed by atoms with Gasteiger partial charge in [0.05, 0.1) is 39.0 Å². The maximum absolute atomic E-state index is 13.8. The number of para-hydroxylation sites is 2. The molecule has 0 aliphatic carbocycles. The molecule has 0 fully saturated rings. The van der Waals surface area contributed by atoms with Gasteiger partial charge in [-0.2, -0.15) is 13.2 Å². The smallest absolute Gasteiger partial charge is 0.324 e. The van der Waals surface area contributed by atoms with E-state index in [-0.39, 0.29) is 32.5 Å². The van der Waals surface area contributed by atoms with Crippen LogP contribution in [0, 0.1) is 0 Å². The summed E-state index contributed by atoms with van der Waals surface area (Å²) in [6.45, 7) is -0.976. The average Bonchev–Trinajstić information content (AvgIpc) is 2.86. The summed E-state index contributed by atoms with van der Waals surface area (Å²) >= 11 is 11.8. The number of rotatable bonds is 2. The highest BCUT2D eigenvalue weighted by atomic mass is 35.5. The number of nitrogens with one attached hydrogen (secondary N) is 1. The molecule has 0 radical (unpaired) electrons. The molecule has 7 nitrogen and oxygen atoms in total. The highest BCUT2D eigenvalue weighted by Gasteiger charge is 2.50. The van der Waals surface area contributed by atoms with Gasteiger partial charge < -0.3 is 5.32 Å². The molecule has 1 unspecified atom stereocenters. The van der Waals surface area contributed by atoms with Gasteiger partial charge in [-0.25, -0.2) is 0 Å². The summed E-state index contributed by atoms with van der Waals surface area (Å²) in [6, 6.07) is 5.29. The fourth-order valence-electron chi connectivity index (χ4n) is 3.63. The lowest BCUT2D eigenvalue weighted by molar-refractivity contribution is -0.157. The van der Waals surface area contributed by atoms with Crippen LogP contribution in [0.5, 0.6) is 0 Å². The van der Waals surface area contributed by atoms with Crippen molar-refractivity contribution in [3.8, 4) is 0 Å². The maximum Gasteiger partial charge on any atom is 0.409 e. The highest BCUT2D eigenvalue weighted by Crippen LogP contribution is 2.38. The topological polar surface area (TPSA) is 86.8 Å². The van der Waals surface area contributed by atoms with Gasteiger partial charge >= 0.3 is 6.18 Å². The molecule has 0 saturated heterocycles. The van der Waals surface area contributed by atoms with E-state index in [2.05, 4.69) is 5.32 Å². The lowest BCUT2D eigenvalue weighted by Crippen LogP contribution is -2.53. The SMILES string of the molecule is O=C1CC(C(F)(F)F)N(C(=O)CN2C(=O)c3cc(Cl)c(Cl)cc3C2=O)c2ccccc2N1. The molecular weight excluding hydrogens is 474 g/mol. The van der Waals surface area contributed by atoms with E-state index in [1.165, 1.54) is 24.3 Å². The van der Waals surface area contributed by atoms with Crippen LogP contribution in [0.25, 0.3) is 0 Å². The molecule has 2 aromatic rings. The first-order chi connectivity index (χ1) is 15.0. The summed E-state index contributed by atoms with van der Waals surface area (Å²) in [7, 11) is 0. The van der Waals surface area contributed by atoms with Crippen LogP contribution in [0.1, 0.15) is 27.1 Å². The second-order valence-corrected chi connectivity index (χ2v) is 7.91. The molecule has 12 heteroatoms. The third-order valence-electron chi connectivity index (χ3n) is 5.08. The lowest BCUT2D eigenvalue weighted by atomic mass is 10.1. The molecule has 0 spiro atoms. The van der Waals surface area contributed by atoms with Gasteiger partial charge in [0.2, 0.25) is 11.8 Å². The van der Waals surface area contributed by atoms with E-state index in [1.54, 1.807) is 0 Å². The number of anilines is 2. The van der Waals surface area contributed by atoms with Crippen LogP contribution >= 0.6 is 23.2 Å². The third-order valence-corrected chi connectivity index (χ3v) is 5.80. The molecule has 2 aromatic carbocycles. The van der Waals surface area contributed by atoms with Gasteiger partial charge in [-0.05, 0) is 24.3 Å². The first-order valence-electron chi connectivity index (χ1n) is 9.12. The van der Waals surface area contributed by atoms with Crippen molar-refractivity contribution in [2.24, 2.45) is 0 Å². The molecular formula is C20H12Cl2F3N3O4. The Bertz CT molecular complexity index is 1140. The number of benzene rings is 2. The van der Waals surface area contributed by atoms with Crippen molar-refractivity contribution in [3.63, 3.8) is 0 Å². The first-order valence-corrected chi connectivity index (χ1v) is 9.87. The first kappa shape index (κ1) is 22.1. The van der Waals surface area contributed by atoms with Crippen molar-refractivity contribution in [2.45, 2.75) is 18.6 Å². The molecule has 1 atom stereocenters. The van der Waals surface area contributed by atoms with Gasteiger partial charge in [0, 0.05) is 0 Å². The van der Waals surface area contributed by atoms with Crippen LogP contribution in [-0.4, -0.2) is 47.3 Å². The Morgan fingerprint density at radius 1 is 1.03 bits per heavy atom. The van der Waals surface area contributed by atoms with Crippen molar-refractivity contribution in [1.29, 1.82) is 0 Å². The van der Waals surface area contributed by atoms with Gasteiger partial charge in [-0.15, -0.1) is 0 Å². The molecule has 0 saturated carbocycles. The minimum absolute atomic E-state index is 0.00137. The molecule has 2 aliphatic rings. The number of carbonyl (C=O) groups is 4. The number of hydrogen-bond acceptors (Lipinski definition) is 4. The molecule has 0 aromatic heterocycles. The van der Waals surface area contributed by atoms with Gasteiger partial charge in [-0.3, -0.25) is 29.0 Å². The van der Waals surface area contributed by atoms with Crippen LogP contribution in [0.15, 0.2) is 36.4 Å². The standard InChI is InChI=1S/C20H12Cl2F3N3O4/c21-11-5-9-10(6-12(11)22)19(32)27(18(9)31)8-17(30)28-14-4-2-1-3-13(14)26-16(29)7-15(28)20(23,24)25/h1-6,15H,7-8H2,(H,26,29). The number of nitrogens with zero attached hydrogens (tertiary/aromatic N) is 2. The molecule has 32 heavy (non-hydrogen) atoms. The van der Waals surface area contributed by atoms with Crippen molar-refractivity contribution in [1.82, 2.24) is 4.90 Å². The molecule has 2 aliphatic heterocycles. The van der Waals surface area contributed by atoms with Gasteiger partial charge in [0.15, 0.2) is 0 Å². The monoisotopic (exact) mass is 485 g/mol. The van der Waals surface area contributed by atoms with Crippen molar-refractivity contribution >= 4 is 58.2 Å². The van der Waals surface area contributed by atoms with E-state index in [4.69, 9.17) is 23.2 Å².